The van der Waals surface area contributed by atoms with E-state index in [4.69, 9.17) is 23.4 Å². The molecule has 0 aliphatic carbocycles. The van der Waals surface area contributed by atoms with E-state index >= 15 is 0 Å². The third-order valence-corrected chi connectivity index (χ3v) is 7.33. The fourth-order valence-corrected chi connectivity index (χ4v) is 4.93. The van der Waals surface area contributed by atoms with E-state index in [1.165, 1.54) is 18.2 Å². The molecule has 16 heteroatoms. The van der Waals surface area contributed by atoms with Gasteiger partial charge in [0.2, 0.25) is 11.7 Å². The van der Waals surface area contributed by atoms with Crippen LogP contribution in [-0.2, 0) is 14.2 Å². The molecule has 16 nitrogen and oxygen atoms in total. The van der Waals surface area contributed by atoms with Gasteiger partial charge in [0.25, 0.3) is 0 Å². The molecular formula is C27H30O16. The van der Waals surface area contributed by atoms with Crippen molar-refractivity contribution in [1.29, 1.82) is 0 Å². The molecule has 0 unspecified atom stereocenters. The van der Waals surface area contributed by atoms with Crippen LogP contribution in [0.15, 0.2) is 45.8 Å². The first-order chi connectivity index (χ1) is 20.4. The molecule has 43 heavy (non-hydrogen) atoms. The number of benzene rings is 2. The molecule has 0 saturated carbocycles. The van der Waals surface area contributed by atoms with E-state index < -0.39 is 97.3 Å². The lowest BCUT2D eigenvalue weighted by Crippen LogP contribution is -2.65. The summed E-state index contributed by atoms with van der Waals surface area (Å²) in [5.74, 6) is -1.69. The Labute approximate surface area is 241 Å². The maximum atomic E-state index is 13.2. The molecule has 2 aromatic carbocycles. The topological polar surface area (TPSA) is 269 Å². The van der Waals surface area contributed by atoms with Gasteiger partial charge in [-0.3, -0.25) is 4.79 Å². The van der Waals surface area contributed by atoms with Gasteiger partial charge in [0.05, 0.1) is 18.8 Å². The molecule has 3 aromatic rings. The van der Waals surface area contributed by atoms with Crippen LogP contribution in [0.4, 0.5) is 0 Å². The standard InChI is InChI=1S/C27H30O16/c28-6-16-20(34)22(36)24(38)26(41-16)43-25-23(37)21(35)17(7-29)42-27(25)40-10-4-14(32)18-15(5-10)39-8-11(19(18)33)9-1-2-12(30)13(31)3-9/h1-5,8,16-17,20-32,34-38H,6-7H2/t16-,17-,20-,21-,22+,23+,24-,25-,26+,27-/m1/s1. The zero-order valence-corrected chi connectivity index (χ0v) is 22.1. The van der Waals surface area contributed by atoms with Crippen molar-refractivity contribution in [3.8, 4) is 34.1 Å². The van der Waals surface area contributed by atoms with Crippen molar-refractivity contribution in [2.24, 2.45) is 0 Å². The van der Waals surface area contributed by atoms with Crippen LogP contribution in [-0.4, -0.2) is 126 Å². The van der Waals surface area contributed by atoms with Gasteiger partial charge in [0.1, 0.15) is 71.5 Å². The van der Waals surface area contributed by atoms with Crippen LogP contribution < -0.4 is 10.2 Å². The highest BCUT2D eigenvalue weighted by Crippen LogP contribution is 2.35. The highest BCUT2D eigenvalue weighted by atomic mass is 16.8. The van der Waals surface area contributed by atoms with Crippen LogP contribution >= 0.6 is 0 Å². The summed E-state index contributed by atoms with van der Waals surface area (Å²) >= 11 is 0. The molecule has 0 bridgehead atoms. The molecule has 1 aromatic heterocycles. The van der Waals surface area contributed by atoms with E-state index in [0.717, 1.165) is 18.4 Å². The quantitative estimate of drug-likeness (QED) is 0.125. The second-order valence-corrected chi connectivity index (χ2v) is 10.1. The number of rotatable bonds is 7. The van der Waals surface area contributed by atoms with Gasteiger partial charge in [-0.05, 0) is 17.7 Å². The Balaban J connectivity index is 1.45. The molecule has 3 heterocycles. The first-order valence-corrected chi connectivity index (χ1v) is 13.0. The number of fused-ring (bicyclic) bond motifs is 1. The zero-order valence-electron chi connectivity index (χ0n) is 22.1. The van der Waals surface area contributed by atoms with Crippen LogP contribution in [0.5, 0.6) is 23.0 Å². The minimum atomic E-state index is -1.87. The molecule has 2 aliphatic rings. The highest BCUT2D eigenvalue weighted by Gasteiger charge is 2.51. The lowest BCUT2D eigenvalue weighted by Gasteiger charge is -2.45. The number of aromatic hydroxyl groups is 3. The Morgan fingerprint density at radius 1 is 0.721 bits per heavy atom. The normalized spacial score (nSPS) is 33.0. The Bertz CT molecular complexity index is 1510. The van der Waals surface area contributed by atoms with Crippen molar-refractivity contribution in [2.75, 3.05) is 13.2 Å². The fourth-order valence-electron chi connectivity index (χ4n) is 4.93. The van der Waals surface area contributed by atoms with Gasteiger partial charge in [-0.15, -0.1) is 0 Å². The van der Waals surface area contributed by atoms with Crippen LogP contribution in [0.2, 0.25) is 0 Å². The number of hydrogen-bond acceptors (Lipinski definition) is 16. The largest absolute Gasteiger partial charge is 0.507 e. The van der Waals surface area contributed by atoms with Crippen LogP contribution in [0, 0.1) is 0 Å². The first-order valence-electron chi connectivity index (χ1n) is 13.0. The van der Waals surface area contributed by atoms with Gasteiger partial charge < -0.3 is 74.4 Å². The number of aliphatic hydroxyl groups excluding tert-OH is 7. The van der Waals surface area contributed by atoms with E-state index in [2.05, 4.69) is 0 Å². The molecule has 2 fully saturated rings. The van der Waals surface area contributed by atoms with Crippen molar-refractivity contribution >= 4 is 11.0 Å². The second-order valence-electron chi connectivity index (χ2n) is 10.1. The van der Waals surface area contributed by atoms with Crippen molar-refractivity contribution < 1.29 is 74.4 Å². The predicted octanol–water partition coefficient (Wildman–Crippen LogP) is -2.42. The summed E-state index contributed by atoms with van der Waals surface area (Å²) in [6, 6.07) is 5.86. The molecule has 5 rings (SSSR count). The minimum absolute atomic E-state index is 0.0433. The van der Waals surface area contributed by atoms with Crippen molar-refractivity contribution in [1.82, 2.24) is 0 Å². The third-order valence-electron chi connectivity index (χ3n) is 7.33. The first kappa shape index (κ1) is 30.9. The summed E-state index contributed by atoms with van der Waals surface area (Å²) in [6.45, 7) is -1.53. The van der Waals surface area contributed by atoms with Gasteiger partial charge in [-0.25, -0.2) is 0 Å². The molecular weight excluding hydrogens is 580 g/mol. The lowest BCUT2D eigenvalue weighted by molar-refractivity contribution is -0.357. The second kappa shape index (κ2) is 12.2. The monoisotopic (exact) mass is 610 g/mol. The third kappa shape index (κ3) is 5.73. The summed E-state index contributed by atoms with van der Waals surface area (Å²) in [7, 11) is 0. The fraction of sp³-hybridized carbons (Fsp3) is 0.444. The van der Waals surface area contributed by atoms with E-state index in [1.54, 1.807) is 0 Å². The Kier molecular flexibility index (Phi) is 8.77. The van der Waals surface area contributed by atoms with Gasteiger partial charge in [-0.1, -0.05) is 6.07 Å². The van der Waals surface area contributed by atoms with Gasteiger partial charge >= 0.3 is 0 Å². The maximum Gasteiger partial charge on any atom is 0.229 e. The van der Waals surface area contributed by atoms with Crippen molar-refractivity contribution in [3.05, 3.63) is 46.8 Å². The molecule has 0 amide bonds. The Morgan fingerprint density at radius 2 is 1.37 bits per heavy atom. The molecule has 234 valence electrons. The molecule has 2 saturated heterocycles. The van der Waals surface area contributed by atoms with Gasteiger partial charge in [0, 0.05) is 12.1 Å². The van der Waals surface area contributed by atoms with Crippen LogP contribution in [0.25, 0.3) is 22.1 Å². The maximum absolute atomic E-state index is 13.2. The average Bonchev–Trinajstić information content (AvgIpc) is 2.98. The summed E-state index contributed by atoms with van der Waals surface area (Å²) in [5, 5.41) is 101. The molecule has 0 spiro atoms. The number of ether oxygens (including phenoxy) is 4. The Morgan fingerprint density at radius 3 is 2.02 bits per heavy atom. The summed E-state index contributed by atoms with van der Waals surface area (Å²) in [4.78, 5) is 13.2. The van der Waals surface area contributed by atoms with Gasteiger partial charge in [0.15, 0.2) is 23.9 Å². The average molecular weight is 611 g/mol. The van der Waals surface area contributed by atoms with Crippen molar-refractivity contribution in [2.45, 2.75) is 61.4 Å². The summed E-state index contributed by atoms with van der Waals surface area (Å²) in [6.07, 6.45) is -15.7. The smallest absolute Gasteiger partial charge is 0.229 e. The molecule has 2 aliphatic heterocycles. The molecule has 10 N–H and O–H groups in total. The summed E-state index contributed by atoms with van der Waals surface area (Å²) in [5.41, 5.74) is -0.699. The van der Waals surface area contributed by atoms with Gasteiger partial charge in [-0.2, -0.15) is 0 Å². The zero-order chi connectivity index (χ0) is 31.2. The number of hydrogen-bond donors (Lipinski definition) is 10. The highest BCUT2D eigenvalue weighted by molar-refractivity contribution is 5.88. The van der Waals surface area contributed by atoms with Crippen LogP contribution in [0.1, 0.15) is 0 Å². The minimum Gasteiger partial charge on any atom is -0.507 e. The van der Waals surface area contributed by atoms with Crippen LogP contribution in [0.3, 0.4) is 0 Å². The van der Waals surface area contributed by atoms with E-state index in [1.807, 2.05) is 0 Å². The number of phenols is 3. The van der Waals surface area contributed by atoms with E-state index in [9.17, 15) is 55.9 Å². The SMILES string of the molecule is O=c1c(-c2ccc(O)c(O)c2)coc2cc(O[C@@H]3O[C@H](CO)[C@@H](O)[C@H](O)[C@H]3O[C@@H]3O[C@H](CO)[C@@H](O)[C@H](O)[C@H]3O)cc(O)c12. The van der Waals surface area contributed by atoms with E-state index in [-0.39, 0.29) is 27.8 Å². The Hall–Kier alpha value is -3.55. The number of aliphatic hydroxyl groups is 7. The molecule has 0 radical (unpaired) electrons. The van der Waals surface area contributed by atoms with E-state index in [0.29, 0.717) is 0 Å². The van der Waals surface area contributed by atoms with Crippen molar-refractivity contribution in [3.63, 3.8) is 0 Å². The summed E-state index contributed by atoms with van der Waals surface area (Å²) < 4.78 is 27.8. The lowest BCUT2D eigenvalue weighted by atomic mass is 9.97. The predicted molar refractivity (Wildman–Crippen MR) is 140 cm³/mol. The number of phenolic OH excluding ortho intramolecular Hbond substituents is 3. The molecule has 10 atom stereocenters.